The van der Waals surface area contributed by atoms with Crippen molar-refractivity contribution < 1.29 is 5.11 Å². The van der Waals surface area contributed by atoms with Crippen molar-refractivity contribution in [1.29, 1.82) is 0 Å². The summed E-state index contributed by atoms with van der Waals surface area (Å²) in [5.74, 6) is 0.822. The van der Waals surface area contributed by atoms with Crippen LogP contribution in [0.1, 0.15) is 19.9 Å². The quantitative estimate of drug-likeness (QED) is 0.696. The van der Waals surface area contributed by atoms with Crippen LogP contribution in [0.5, 0.6) is 5.75 Å². The molecule has 0 saturated carbocycles. The van der Waals surface area contributed by atoms with E-state index in [0.29, 0.717) is 21.4 Å². The molecule has 3 rings (SSSR count). The number of rotatable bonds is 2. The second-order valence-electron chi connectivity index (χ2n) is 5.19. The zero-order valence-electron chi connectivity index (χ0n) is 11.6. The SMILES string of the molecule is CC(C)n1c(-c2ccc(Cl)cc2O)nc2cc(Cl)ccc21. The molecular formula is C16H14Cl2N2O. The molecule has 5 heteroatoms. The van der Waals surface area contributed by atoms with Crippen molar-refractivity contribution in [2.24, 2.45) is 0 Å². The van der Waals surface area contributed by atoms with Crippen LogP contribution < -0.4 is 0 Å². The highest BCUT2D eigenvalue weighted by Gasteiger charge is 2.17. The van der Waals surface area contributed by atoms with E-state index in [9.17, 15) is 5.11 Å². The largest absolute Gasteiger partial charge is 0.507 e. The highest BCUT2D eigenvalue weighted by molar-refractivity contribution is 6.31. The fraction of sp³-hybridized carbons (Fsp3) is 0.188. The predicted molar refractivity (Wildman–Crippen MR) is 87.2 cm³/mol. The third-order valence-electron chi connectivity index (χ3n) is 3.37. The molecule has 0 radical (unpaired) electrons. The summed E-state index contributed by atoms with van der Waals surface area (Å²) < 4.78 is 2.08. The van der Waals surface area contributed by atoms with E-state index in [-0.39, 0.29) is 11.8 Å². The molecule has 0 aliphatic heterocycles. The second-order valence-corrected chi connectivity index (χ2v) is 6.07. The van der Waals surface area contributed by atoms with Crippen LogP contribution in [0, 0.1) is 0 Å². The molecule has 3 aromatic rings. The van der Waals surface area contributed by atoms with Crippen molar-refractivity contribution in [2.75, 3.05) is 0 Å². The Kier molecular flexibility index (Phi) is 3.56. The van der Waals surface area contributed by atoms with E-state index < -0.39 is 0 Å². The van der Waals surface area contributed by atoms with Gasteiger partial charge < -0.3 is 9.67 Å². The number of fused-ring (bicyclic) bond motifs is 1. The molecule has 1 N–H and O–H groups in total. The number of hydrogen-bond donors (Lipinski definition) is 1. The maximum absolute atomic E-state index is 10.2. The number of halogens is 2. The van der Waals surface area contributed by atoms with Gasteiger partial charge in [-0.25, -0.2) is 4.98 Å². The lowest BCUT2D eigenvalue weighted by molar-refractivity contribution is 0.476. The Morgan fingerprint density at radius 1 is 1.05 bits per heavy atom. The molecule has 108 valence electrons. The Bertz CT molecular complexity index is 825. The topological polar surface area (TPSA) is 38.0 Å². The zero-order valence-corrected chi connectivity index (χ0v) is 13.2. The molecule has 21 heavy (non-hydrogen) atoms. The second kappa shape index (κ2) is 5.24. The summed E-state index contributed by atoms with van der Waals surface area (Å²) in [7, 11) is 0. The lowest BCUT2D eigenvalue weighted by atomic mass is 10.2. The molecule has 0 saturated heterocycles. The van der Waals surface area contributed by atoms with E-state index in [1.165, 1.54) is 6.07 Å². The average molecular weight is 321 g/mol. The van der Waals surface area contributed by atoms with Gasteiger partial charge in [0.05, 0.1) is 16.6 Å². The molecule has 0 aliphatic carbocycles. The summed E-state index contributed by atoms with van der Waals surface area (Å²) in [4.78, 5) is 4.63. The van der Waals surface area contributed by atoms with Crippen LogP contribution in [-0.4, -0.2) is 14.7 Å². The van der Waals surface area contributed by atoms with Gasteiger partial charge in [0.15, 0.2) is 0 Å². The molecule has 0 atom stereocenters. The van der Waals surface area contributed by atoms with Gasteiger partial charge in [0.25, 0.3) is 0 Å². The fourth-order valence-electron chi connectivity index (χ4n) is 2.48. The summed E-state index contributed by atoms with van der Waals surface area (Å²) in [6, 6.07) is 10.9. The monoisotopic (exact) mass is 320 g/mol. The Hall–Kier alpha value is -1.71. The lowest BCUT2D eigenvalue weighted by Gasteiger charge is -2.14. The maximum atomic E-state index is 10.2. The highest BCUT2D eigenvalue weighted by atomic mass is 35.5. The van der Waals surface area contributed by atoms with Crippen LogP contribution in [0.25, 0.3) is 22.4 Å². The molecule has 1 aromatic heterocycles. The number of aromatic hydroxyl groups is 1. The minimum Gasteiger partial charge on any atom is -0.507 e. The van der Waals surface area contributed by atoms with Crippen molar-refractivity contribution in [3.8, 4) is 17.1 Å². The first-order valence-corrected chi connectivity index (χ1v) is 7.39. The van der Waals surface area contributed by atoms with Crippen molar-refractivity contribution in [2.45, 2.75) is 19.9 Å². The minimum atomic E-state index is 0.116. The molecule has 0 bridgehead atoms. The summed E-state index contributed by atoms with van der Waals surface area (Å²) in [5.41, 5.74) is 2.44. The molecule has 1 heterocycles. The van der Waals surface area contributed by atoms with E-state index in [1.54, 1.807) is 12.1 Å². The Morgan fingerprint density at radius 3 is 2.38 bits per heavy atom. The van der Waals surface area contributed by atoms with Gasteiger partial charge in [0.2, 0.25) is 0 Å². The third-order valence-corrected chi connectivity index (χ3v) is 3.84. The molecular weight excluding hydrogens is 307 g/mol. The molecule has 3 nitrogen and oxygen atoms in total. The molecule has 2 aromatic carbocycles. The van der Waals surface area contributed by atoms with Gasteiger partial charge in [-0.3, -0.25) is 0 Å². The van der Waals surface area contributed by atoms with Gasteiger partial charge in [0, 0.05) is 16.1 Å². The van der Waals surface area contributed by atoms with Crippen molar-refractivity contribution >= 4 is 34.2 Å². The van der Waals surface area contributed by atoms with Gasteiger partial charge in [-0.15, -0.1) is 0 Å². The first kappa shape index (κ1) is 14.2. The molecule has 0 amide bonds. The van der Waals surface area contributed by atoms with Crippen molar-refractivity contribution in [1.82, 2.24) is 9.55 Å². The highest BCUT2D eigenvalue weighted by Crippen LogP contribution is 2.35. The van der Waals surface area contributed by atoms with E-state index in [2.05, 4.69) is 23.4 Å². The maximum Gasteiger partial charge on any atom is 0.145 e. The zero-order chi connectivity index (χ0) is 15.1. The number of aromatic nitrogens is 2. The number of hydrogen-bond acceptors (Lipinski definition) is 2. The molecule has 0 unspecified atom stereocenters. The van der Waals surface area contributed by atoms with E-state index in [4.69, 9.17) is 23.2 Å². The van der Waals surface area contributed by atoms with Gasteiger partial charge in [0.1, 0.15) is 11.6 Å². The Morgan fingerprint density at radius 2 is 1.71 bits per heavy atom. The first-order valence-electron chi connectivity index (χ1n) is 6.63. The van der Waals surface area contributed by atoms with Crippen LogP contribution >= 0.6 is 23.2 Å². The number of nitrogens with zero attached hydrogens (tertiary/aromatic N) is 2. The van der Waals surface area contributed by atoms with E-state index in [1.807, 2.05) is 18.2 Å². The summed E-state index contributed by atoms with van der Waals surface area (Å²) in [6.07, 6.45) is 0. The summed E-state index contributed by atoms with van der Waals surface area (Å²) in [5, 5.41) is 11.3. The molecule has 0 fully saturated rings. The molecule has 0 aliphatic rings. The van der Waals surface area contributed by atoms with E-state index >= 15 is 0 Å². The van der Waals surface area contributed by atoms with Crippen LogP contribution in [0.2, 0.25) is 10.0 Å². The normalized spacial score (nSPS) is 11.5. The number of benzene rings is 2. The Balaban J connectivity index is 2.33. The minimum absolute atomic E-state index is 0.116. The van der Waals surface area contributed by atoms with Crippen molar-refractivity contribution in [3.05, 3.63) is 46.4 Å². The Labute approximate surface area is 132 Å². The fourth-order valence-corrected chi connectivity index (χ4v) is 2.81. The van der Waals surface area contributed by atoms with E-state index in [0.717, 1.165) is 11.0 Å². The van der Waals surface area contributed by atoms with Gasteiger partial charge in [-0.05, 0) is 50.2 Å². The van der Waals surface area contributed by atoms with Gasteiger partial charge in [-0.2, -0.15) is 0 Å². The van der Waals surface area contributed by atoms with Crippen LogP contribution in [0.15, 0.2) is 36.4 Å². The number of imidazole rings is 1. The predicted octanol–water partition coefficient (Wildman–Crippen LogP) is 5.30. The lowest BCUT2D eigenvalue weighted by Crippen LogP contribution is -2.03. The number of phenols is 1. The smallest absolute Gasteiger partial charge is 0.145 e. The van der Waals surface area contributed by atoms with Crippen LogP contribution in [0.4, 0.5) is 0 Å². The average Bonchev–Trinajstić information content (AvgIpc) is 2.76. The third kappa shape index (κ3) is 2.47. The first-order chi connectivity index (χ1) is 9.97. The van der Waals surface area contributed by atoms with Gasteiger partial charge >= 0.3 is 0 Å². The number of phenolic OH excluding ortho intramolecular Hbond substituents is 1. The molecule has 0 spiro atoms. The van der Waals surface area contributed by atoms with Gasteiger partial charge in [-0.1, -0.05) is 23.2 Å². The van der Waals surface area contributed by atoms with Crippen LogP contribution in [0.3, 0.4) is 0 Å². The standard InChI is InChI=1S/C16H14Cl2N2O/c1-9(2)20-14-6-4-10(17)7-13(14)19-16(20)12-5-3-11(18)8-15(12)21/h3-9,21H,1-2H3. The summed E-state index contributed by atoms with van der Waals surface area (Å²) in [6.45, 7) is 4.15. The van der Waals surface area contributed by atoms with Crippen molar-refractivity contribution in [3.63, 3.8) is 0 Å². The van der Waals surface area contributed by atoms with Crippen LogP contribution in [-0.2, 0) is 0 Å². The summed E-state index contributed by atoms with van der Waals surface area (Å²) >= 11 is 11.9.